The van der Waals surface area contributed by atoms with E-state index in [1.165, 1.54) is 0 Å². The molecule has 0 radical (unpaired) electrons. The van der Waals surface area contributed by atoms with Gasteiger partial charge in [0.25, 0.3) is 0 Å². The van der Waals surface area contributed by atoms with Crippen molar-refractivity contribution >= 4 is 29.0 Å². The van der Waals surface area contributed by atoms with E-state index in [1.54, 1.807) is 21.7 Å². The Hall–Kier alpha value is -1.86. The minimum absolute atomic E-state index is 0.176. The lowest BCUT2D eigenvalue weighted by Crippen LogP contribution is -2.47. The number of amides is 1. The van der Waals surface area contributed by atoms with E-state index < -0.39 is 5.60 Å². The molecule has 2 aromatic rings. The molecule has 1 spiro atoms. The van der Waals surface area contributed by atoms with Crippen molar-refractivity contribution in [1.82, 2.24) is 14.6 Å². The Kier molecular flexibility index (Phi) is 3.70. The van der Waals surface area contributed by atoms with Crippen LogP contribution < -0.4 is 4.90 Å². The number of fused-ring (bicyclic) bond motifs is 4. The Bertz CT molecular complexity index is 836. The third kappa shape index (κ3) is 2.75. The van der Waals surface area contributed by atoms with E-state index in [0.29, 0.717) is 30.6 Å². The molecule has 1 unspecified atom stereocenters. The van der Waals surface area contributed by atoms with Gasteiger partial charge in [-0.3, -0.25) is 4.90 Å². The van der Waals surface area contributed by atoms with E-state index >= 15 is 0 Å². The molecule has 0 aliphatic carbocycles. The molecule has 7 nitrogen and oxygen atoms in total. The number of rotatable bonds is 0. The Morgan fingerprint density at radius 1 is 1.40 bits per heavy atom. The maximum Gasteiger partial charge on any atom is 0.414 e. The van der Waals surface area contributed by atoms with Crippen LogP contribution in [0, 0.1) is 0 Å². The fraction of sp³-hybridized carbons (Fsp3) is 0.588. The van der Waals surface area contributed by atoms with E-state index in [1.807, 2.05) is 20.8 Å². The van der Waals surface area contributed by atoms with Crippen molar-refractivity contribution in [3.63, 3.8) is 0 Å². The second-order valence-corrected chi connectivity index (χ2v) is 8.08. The first-order valence-electron chi connectivity index (χ1n) is 8.42. The zero-order valence-corrected chi connectivity index (χ0v) is 15.3. The molecule has 0 aromatic carbocycles. The van der Waals surface area contributed by atoms with E-state index in [-0.39, 0.29) is 11.5 Å². The third-order valence-corrected chi connectivity index (χ3v) is 4.94. The first kappa shape index (κ1) is 16.6. The molecule has 1 amide bonds. The zero-order valence-electron chi connectivity index (χ0n) is 14.6. The summed E-state index contributed by atoms with van der Waals surface area (Å²) in [5, 5.41) is 4.78. The first-order valence-corrected chi connectivity index (χ1v) is 8.80. The minimum Gasteiger partial charge on any atom is -0.443 e. The van der Waals surface area contributed by atoms with Crippen LogP contribution in [-0.4, -0.2) is 46.1 Å². The van der Waals surface area contributed by atoms with Crippen LogP contribution in [-0.2, 0) is 14.9 Å². The van der Waals surface area contributed by atoms with Crippen LogP contribution in [0.4, 0.5) is 10.5 Å². The highest BCUT2D eigenvalue weighted by Gasteiger charge is 2.46. The molecule has 4 rings (SSSR count). The number of nitrogens with zero attached hydrogens (tertiary/aromatic N) is 4. The molecular formula is C17H21ClN4O3. The Labute approximate surface area is 150 Å². The lowest BCUT2D eigenvalue weighted by molar-refractivity contribution is 0.0570. The van der Waals surface area contributed by atoms with Crippen LogP contribution in [0.25, 0.3) is 5.65 Å². The molecule has 25 heavy (non-hydrogen) atoms. The Balaban J connectivity index is 1.86. The highest BCUT2D eigenvalue weighted by molar-refractivity contribution is 6.29. The number of ether oxygens (including phenoxy) is 2. The molecule has 2 aliphatic rings. The van der Waals surface area contributed by atoms with E-state index in [4.69, 9.17) is 21.1 Å². The maximum atomic E-state index is 12.7. The number of anilines is 1. The van der Waals surface area contributed by atoms with Crippen molar-refractivity contribution in [1.29, 1.82) is 0 Å². The molecule has 2 aliphatic heterocycles. The summed E-state index contributed by atoms with van der Waals surface area (Å²) in [6.45, 7) is 7.45. The van der Waals surface area contributed by atoms with Crippen molar-refractivity contribution in [3.05, 3.63) is 23.1 Å². The summed E-state index contributed by atoms with van der Waals surface area (Å²) in [4.78, 5) is 18.8. The van der Waals surface area contributed by atoms with Gasteiger partial charge in [-0.25, -0.2) is 14.3 Å². The van der Waals surface area contributed by atoms with Crippen LogP contribution in [0.1, 0.15) is 39.3 Å². The summed E-state index contributed by atoms with van der Waals surface area (Å²) in [5.41, 5.74) is 1.58. The van der Waals surface area contributed by atoms with E-state index in [2.05, 4.69) is 10.1 Å². The molecule has 4 heterocycles. The summed E-state index contributed by atoms with van der Waals surface area (Å²) in [6.07, 6.45) is 3.02. The standard InChI is InChI=1S/C17H21ClN4O3/c1-16(2,3)25-15(23)21-6-4-17(5-7-24-10-17)14-11(21)9-19-13-8-12(18)20-22(13)14/h8-9H,4-7,10H2,1-3H3. The normalized spacial score (nSPS) is 23.3. The maximum absolute atomic E-state index is 12.7. The number of carbonyl (C=O) groups is 1. The van der Waals surface area contributed by atoms with E-state index in [0.717, 1.165) is 24.2 Å². The molecule has 1 saturated heterocycles. The van der Waals surface area contributed by atoms with Crippen molar-refractivity contribution in [2.24, 2.45) is 0 Å². The second kappa shape index (κ2) is 5.57. The number of aromatic nitrogens is 3. The van der Waals surface area contributed by atoms with Gasteiger partial charge in [-0.2, -0.15) is 5.10 Å². The topological polar surface area (TPSA) is 69.0 Å². The predicted molar refractivity (Wildman–Crippen MR) is 93.3 cm³/mol. The molecule has 1 atom stereocenters. The van der Waals surface area contributed by atoms with E-state index in [9.17, 15) is 4.79 Å². The van der Waals surface area contributed by atoms with Crippen molar-refractivity contribution in [2.75, 3.05) is 24.7 Å². The number of hydrogen-bond acceptors (Lipinski definition) is 5. The summed E-state index contributed by atoms with van der Waals surface area (Å²) in [5.74, 6) is 0. The molecule has 134 valence electrons. The van der Waals surface area contributed by atoms with Crippen LogP contribution in [0.3, 0.4) is 0 Å². The van der Waals surface area contributed by atoms with Crippen molar-refractivity contribution in [2.45, 2.75) is 44.6 Å². The van der Waals surface area contributed by atoms with Gasteiger partial charge in [0.2, 0.25) is 0 Å². The van der Waals surface area contributed by atoms with Crippen LogP contribution in [0.5, 0.6) is 0 Å². The van der Waals surface area contributed by atoms with Gasteiger partial charge in [-0.05, 0) is 33.6 Å². The molecule has 0 saturated carbocycles. The highest BCUT2D eigenvalue weighted by Crippen LogP contribution is 2.45. The predicted octanol–water partition coefficient (Wildman–Crippen LogP) is 3.19. The quantitative estimate of drug-likeness (QED) is 0.718. The molecule has 2 aromatic heterocycles. The Morgan fingerprint density at radius 2 is 2.20 bits per heavy atom. The van der Waals surface area contributed by atoms with Gasteiger partial charge in [-0.1, -0.05) is 11.6 Å². The van der Waals surface area contributed by atoms with Gasteiger partial charge in [0.15, 0.2) is 10.8 Å². The van der Waals surface area contributed by atoms with Crippen molar-refractivity contribution in [3.8, 4) is 0 Å². The number of carbonyl (C=O) groups excluding carboxylic acids is 1. The number of halogens is 1. The van der Waals surface area contributed by atoms with Crippen molar-refractivity contribution < 1.29 is 14.3 Å². The zero-order chi connectivity index (χ0) is 17.8. The van der Waals surface area contributed by atoms with Crippen LogP contribution >= 0.6 is 11.6 Å². The van der Waals surface area contributed by atoms with Crippen LogP contribution in [0.2, 0.25) is 5.15 Å². The second-order valence-electron chi connectivity index (χ2n) is 7.69. The smallest absolute Gasteiger partial charge is 0.414 e. The molecule has 1 fully saturated rings. The summed E-state index contributed by atoms with van der Waals surface area (Å²) in [6, 6.07) is 1.72. The van der Waals surface area contributed by atoms with Gasteiger partial charge >= 0.3 is 6.09 Å². The van der Waals surface area contributed by atoms with Gasteiger partial charge in [0.1, 0.15) is 5.60 Å². The SMILES string of the molecule is CC(C)(C)OC(=O)N1CCC2(CCOC2)c2c1cnc1cc(Cl)nn21. The summed E-state index contributed by atoms with van der Waals surface area (Å²) < 4.78 is 13.0. The largest absolute Gasteiger partial charge is 0.443 e. The van der Waals surface area contributed by atoms with Gasteiger partial charge < -0.3 is 9.47 Å². The molecule has 0 N–H and O–H groups in total. The average Bonchev–Trinajstić information content (AvgIpc) is 3.11. The monoisotopic (exact) mass is 364 g/mol. The lowest BCUT2D eigenvalue weighted by Gasteiger charge is -2.39. The lowest BCUT2D eigenvalue weighted by atomic mass is 9.77. The first-order chi connectivity index (χ1) is 11.8. The average molecular weight is 365 g/mol. The Morgan fingerprint density at radius 3 is 2.88 bits per heavy atom. The summed E-state index contributed by atoms with van der Waals surface area (Å²) in [7, 11) is 0. The fourth-order valence-corrected chi connectivity index (χ4v) is 3.83. The van der Waals surface area contributed by atoms with Gasteiger partial charge in [0.05, 0.1) is 24.2 Å². The fourth-order valence-electron chi connectivity index (χ4n) is 3.65. The third-order valence-electron chi connectivity index (χ3n) is 4.76. The molecular weight excluding hydrogens is 344 g/mol. The highest BCUT2D eigenvalue weighted by atomic mass is 35.5. The molecule has 0 bridgehead atoms. The molecule has 8 heteroatoms. The summed E-state index contributed by atoms with van der Waals surface area (Å²) >= 11 is 6.10. The van der Waals surface area contributed by atoms with Gasteiger partial charge in [0, 0.05) is 24.6 Å². The number of hydrogen-bond donors (Lipinski definition) is 0. The minimum atomic E-state index is -0.560. The van der Waals surface area contributed by atoms with Crippen LogP contribution in [0.15, 0.2) is 12.3 Å². The van der Waals surface area contributed by atoms with Gasteiger partial charge in [-0.15, -0.1) is 0 Å².